The van der Waals surface area contributed by atoms with E-state index in [9.17, 15) is 4.79 Å². The SMILES string of the molecule is COc1ccccc1CC(=O)NCCOc1cccc(Br)c1. The Bertz CT molecular complexity index is 631. The molecule has 0 bridgehead atoms. The minimum atomic E-state index is -0.0534. The molecule has 0 aliphatic carbocycles. The number of halogens is 1. The molecule has 0 saturated carbocycles. The Kier molecular flexibility index (Phi) is 6.27. The van der Waals surface area contributed by atoms with E-state index in [4.69, 9.17) is 9.47 Å². The van der Waals surface area contributed by atoms with Gasteiger partial charge in [0.25, 0.3) is 0 Å². The molecule has 0 saturated heterocycles. The molecule has 0 atom stereocenters. The van der Waals surface area contributed by atoms with E-state index in [2.05, 4.69) is 21.2 Å². The normalized spacial score (nSPS) is 10.1. The van der Waals surface area contributed by atoms with E-state index in [1.165, 1.54) is 0 Å². The molecule has 0 aromatic heterocycles. The minimum Gasteiger partial charge on any atom is -0.496 e. The zero-order valence-electron chi connectivity index (χ0n) is 12.3. The number of amides is 1. The summed E-state index contributed by atoms with van der Waals surface area (Å²) in [5, 5.41) is 2.84. The van der Waals surface area contributed by atoms with Crippen molar-refractivity contribution in [1.82, 2.24) is 5.32 Å². The fourth-order valence-corrected chi connectivity index (χ4v) is 2.38. The number of hydrogen-bond acceptors (Lipinski definition) is 3. The van der Waals surface area contributed by atoms with Gasteiger partial charge in [-0.25, -0.2) is 0 Å². The highest BCUT2D eigenvalue weighted by Crippen LogP contribution is 2.18. The topological polar surface area (TPSA) is 47.6 Å². The van der Waals surface area contributed by atoms with E-state index in [1.54, 1.807) is 7.11 Å². The smallest absolute Gasteiger partial charge is 0.224 e. The molecule has 0 radical (unpaired) electrons. The van der Waals surface area contributed by atoms with Crippen LogP contribution in [0.1, 0.15) is 5.56 Å². The van der Waals surface area contributed by atoms with Crippen LogP contribution in [0.4, 0.5) is 0 Å². The van der Waals surface area contributed by atoms with Crippen molar-refractivity contribution in [2.75, 3.05) is 20.3 Å². The van der Waals surface area contributed by atoms with Gasteiger partial charge in [0.05, 0.1) is 20.1 Å². The van der Waals surface area contributed by atoms with Crippen molar-refractivity contribution in [1.29, 1.82) is 0 Å². The van der Waals surface area contributed by atoms with Crippen LogP contribution in [0, 0.1) is 0 Å². The maximum absolute atomic E-state index is 11.9. The number of carbonyl (C=O) groups excluding carboxylic acids is 1. The number of rotatable bonds is 7. The minimum absolute atomic E-state index is 0.0534. The second kappa shape index (κ2) is 8.44. The van der Waals surface area contributed by atoms with E-state index in [-0.39, 0.29) is 5.91 Å². The average Bonchev–Trinajstić information content (AvgIpc) is 2.52. The van der Waals surface area contributed by atoms with Gasteiger partial charge in [-0.2, -0.15) is 0 Å². The van der Waals surface area contributed by atoms with Crippen molar-refractivity contribution in [3.8, 4) is 11.5 Å². The second-order valence-corrected chi connectivity index (χ2v) is 5.56. The highest BCUT2D eigenvalue weighted by Gasteiger charge is 2.07. The van der Waals surface area contributed by atoms with Crippen LogP contribution in [0.15, 0.2) is 53.0 Å². The highest BCUT2D eigenvalue weighted by atomic mass is 79.9. The van der Waals surface area contributed by atoms with Gasteiger partial charge in [-0.3, -0.25) is 4.79 Å². The molecule has 1 amide bonds. The van der Waals surface area contributed by atoms with E-state index < -0.39 is 0 Å². The fourth-order valence-electron chi connectivity index (χ4n) is 2.00. The number of para-hydroxylation sites is 1. The lowest BCUT2D eigenvalue weighted by Gasteiger charge is -2.10. The van der Waals surface area contributed by atoms with Crippen LogP contribution in [-0.2, 0) is 11.2 Å². The predicted octanol–water partition coefficient (Wildman–Crippen LogP) is 3.20. The van der Waals surface area contributed by atoms with Gasteiger partial charge in [0, 0.05) is 10.0 Å². The van der Waals surface area contributed by atoms with Crippen molar-refractivity contribution in [2.45, 2.75) is 6.42 Å². The molecule has 2 rings (SSSR count). The Morgan fingerprint density at radius 3 is 2.77 bits per heavy atom. The third-order valence-electron chi connectivity index (χ3n) is 3.03. The van der Waals surface area contributed by atoms with E-state index in [0.717, 1.165) is 21.5 Å². The van der Waals surface area contributed by atoms with Crippen molar-refractivity contribution >= 4 is 21.8 Å². The van der Waals surface area contributed by atoms with Gasteiger partial charge in [0.1, 0.15) is 18.1 Å². The summed E-state index contributed by atoms with van der Waals surface area (Å²) in [6, 6.07) is 15.1. The zero-order chi connectivity index (χ0) is 15.8. The molecule has 4 nitrogen and oxygen atoms in total. The summed E-state index contributed by atoms with van der Waals surface area (Å²) in [6.45, 7) is 0.884. The van der Waals surface area contributed by atoms with E-state index in [1.807, 2.05) is 48.5 Å². The molecule has 5 heteroatoms. The van der Waals surface area contributed by atoms with Gasteiger partial charge in [-0.05, 0) is 24.3 Å². The van der Waals surface area contributed by atoms with Crippen LogP contribution in [0.3, 0.4) is 0 Å². The summed E-state index contributed by atoms with van der Waals surface area (Å²) in [6.07, 6.45) is 0.293. The largest absolute Gasteiger partial charge is 0.496 e. The Labute approximate surface area is 138 Å². The van der Waals surface area contributed by atoms with Gasteiger partial charge < -0.3 is 14.8 Å². The molecule has 2 aromatic carbocycles. The van der Waals surface area contributed by atoms with Crippen LogP contribution in [0.25, 0.3) is 0 Å². The Morgan fingerprint density at radius 2 is 2.00 bits per heavy atom. The molecule has 0 unspecified atom stereocenters. The number of nitrogens with one attached hydrogen (secondary N) is 1. The Morgan fingerprint density at radius 1 is 1.18 bits per heavy atom. The van der Waals surface area contributed by atoms with Crippen LogP contribution >= 0.6 is 15.9 Å². The van der Waals surface area contributed by atoms with Crippen molar-refractivity contribution < 1.29 is 14.3 Å². The molecule has 0 aliphatic heterocycles. The summed E-state index contributed by atoms with van der Waals surface area (Å²) in [7, 11) is 1.60. The van der Waals surface area contributed by atoms with Gasteiger partial charge >= 0.3 is 0 Å². The first-order valence-electron chi connectivity index (χ1n) is 6.96. The fraction of sp³-hybridized carbons (Fsp3) is 0.235. The molecule has 0 spiro atoms. The van der Waals surface area contributed by atoms with Crippen molar-refractivity contribution in [3.63, 3.8) is 0 Å². The summed E-state index contributed by atoms with van der Waals surface area (Å²) < 4.78 is 11.8. The highest BCUT2D eigenvalue weighted by molar-refractivity contribution is 9.10. The number of benzene rings is 2. The number of ether oxygens (including phenoxy) is 2. The first-order valence-corrected chi connectivity index (χ1v) is 7.75. The van der Waals surface area contributed by atoms with Crippen LogP contribution < -0.4 is 14.8 Å². The first-order chi connectivity index (χ1) is 10.7. The predicted molar refractivity (Wildman–Crippen MR) is 89.3 cm³/mol. The van der Waals surface area contributed by atoms with Gasteiger partial charge in [0.15, 0.2) is 0 Å². The summed E-state index contributed by atoms with van der Waals surface area (Å²) in [5.41, 5.74) is 0.871. The molecule has 0 heterocycles. The lowest BCUT2D eigenvalue weighted by atomic mass is 10.1. The van der Waals surface area contributed by atoms with Gasteiger partial charge in [0.2, 0.25) is 5.91 Å². The first kappa shape index (κ1) is 16.4. The summed E-state index contributed by atoms with van der Waals surface area (Å²) >= 11 is 3.38. The van der Waals surface area contributed by atoms with E-state index in [0.29, 0.717) is 19.6 Å². The maximum Gasteiger partial charge on any atom is 0.224 e. The molecule has 2 aromatic rings. The molecule has 22 heavy (non-hydrogen) atoms. The van der Waals surface area contributed by atoms with Gasteiger partial charge in [-0.1, -0.05) is 40.2 Å². The van der Waals surface area contributed by atoms with Gasteiger partial charge in [-0.15, -0.1) is 0 Å². The molecule has 0 fully saturated rings. The third-order valence-corrected chi connectivity index (χ3v) is 3.53. The second-order valence-electron chi connectivity index (χ2n) is 4.64. The summed E-state index contributed by atoms with van der Waals surface area (Å²) in [5.74, 6) is 1.44. The molecular formula is C17H18BrNO3. The molecule has 116 valence electrons. The van der Waals surface area contributed by atoms with Crippen LogP contribution in [0.5, 0.6) is 11.5 Å². The number of hydrogen-bond donors (Lipinski definition) is 1. The zero-order valence-corrected chi connectivity index (χ0v) is 13.9. The lowest BCUT2D eigenvalue weighted by molar-refractivity contribution is -0.120. The molecular weight excluding hydrogens is 346 g/mol. The quantitative estimate of drug-likeness (QED) is 0.768. The number of methoxy groups -OCH3 is 1. The lowest BCUT2D eigenvalue weighted by Crippen LogP contribution is -2.29. The monoisotopic (exact) mass is 363 g/mol. The van der Waals surface area contributed by atoms with Crippen LogP contribution in [0.2, 0.25) is 0 Å². The van der Waals surface area contributed by atoms with E-state index >= 15 is 0 Å². The third kappa shape index (κ3) is 5.07. The van der Waals surface area contributed by atoms with Crippen LogP contribution in [-0.4, -0.2) is 26.2 Å². The maximum atomic E-state index is 11.9. The Hall–Kier alpha value is -2.01. The Balaban J connectivity index is 1.74. The van der Waals surface area contributed by atoms with Crippen molar-refractivity contribution in [3.05, 3.63) is 58.6 Å². The summed E-state index contributed by atoms with van der Waals surface area (Å²) in [4.78, 5) is 11.9. The molecule has 0 aliphatic rings. The molecule has 1 N–H and O–H groups in total. The van der Waals surface area contributed by atoms with Crippen molar-refractivity contribution in [2.24, 2.45) is 0 Å². The standard InChI is InChI=1S/C17H18BrNO3/c1-21-16-8-3-2-5-13(16)11-17(20)19-9-10-22-15-7-4-6-14(18)12-15/h2-8,12H,9-11H2,1H3,(H,19,20). The average molecular weight is 364 g/mol. The number of carbonyl (C=O) groups is 1.